The zero-order valence-corrected chi connectivity index (χ0v) is 16.4. The van der Waals surface area contributed by atoms with Crippen LogP contribution in [-0.4, -0.2) is 53.2 Å². The summed E-state index contributed by atoms with van der Waals surface area (Å²) in [6, 6.07) is 15.5. The van der Waals surface area contributed by atoms with Crippen molar-refractivity contribution in [1.29, 1.82) is 0 Å². The molecule has 2 atom stereocenters. The van der Waals surface area contributed by atoms with Crippen LogP contribution >= 0.6 is 11.6 Å². The highest BCUT2D eigenvalue weighted by atomic mass is 35.5. The van der Waals surface area contributed by atoms with Crippen LogP contribution in [-0.2, 0) is 5.41 Å². The summed E-state index contributed by atoms with van der Waals surface area (Å²) in [6.07, 6.45) is -1.56. The predicted octanol–water partition coefficient (Wildman–Crippen LogP) is 2.72. The second-order valence-electron chi connectivity index (χ2n) is 6.94. The minimum absolute atomic E-state index is 0.0547. The molecule has 0 spiro atoms. The maximum absolute atomic E-state index is 9.46. The Kier molecular flexibility index (Phi) is 7.92. The first kappa shape index (κ1) is 21.5. The Morgan fingerprint density at radius 2 is 1.22 bits per heavy atom. The molecule has 0 aliphatic carbocycles. The normalized spacial score (nSPS) is 13.9. The maximum atomic E-state index is 9.46. The molecule has 0 saturated carbocycles. The van der Waals surface area contributed by atoms with Gasteiger partial charge in [-0.25, -0.2) is 0 Å². The third-order valence-electron chi connectivity index (χ3n) is 4.43. The largest absolute Gasteiger partial charge is 0.491 e. The number of aliphatic hydroxyl groups is 3. The van der Waals surface area contributed by atoms with Gasteiger partial charge in [-0.3, -0.25) is 0 Å². The van der Waals surface area contributed by atoms with Gasteiger partial charge >= 0.3 is 0 Å². The van der Waals surface area contributed by atoms with E-state index in [1.54, 1.807) is 0 Å². The highest BCUT2D eigenvalue weighted by molar-refractivity contribution is 6.18. The highest BCUT2D eigenvalue weighted by Crippen LogP contribution is 2.33. The van der Waals surface area contributed by atoms with Crippen molar-refractivity contribution < 1.29 is 24.8 Å². The third-order valence-corrected chi connectivity index (χ3v) is 4.78. The van der Waals surface area contributed by atoms with E-state index in [4.69, 9.17) is 26.2 Å². The molecule has 0 amide bonds. The zero-order chi connectivity index (χ0) is 19.9. The van der Waals surface area contributed by atoms with Gasteiger partial charge in [-0.2, -0.15) is 0 Å². The van der Waals surface area contributed by atoms with Crippen LogP contribution in [0.3, 0.4) is 0 Å². The molecule has 2 rings (SSSR count). The fourth-order valence-electron chi connectivity index (χ4n) is 2.58. The molecule has 0 bridgehead atoms. The molecular formula is C21H27ClO5. The molecular weight excluding hydrogens is 368 g/mol. The molecule has 0 aliphatic rings. The van der Waals surface area contributed by atoms with Crippen molar-refractivity contribution in [3.8, 4) is 11.5 Å². The topological polar surface area (TPSA) is 79.2 Å². The van der Waals surface area contributed by atoms with Crippen LogP contribution in [0.4, 0.5) is 0 Å². The Morgan fingerprint density at radius 1 is 0.815 bits per heavy atom. The Labute approximate surface area is 165 Å². The van der Waals surface area contributed by atoms with Crippen molar-refractivity contribution in [1.82, 2.24) is 0 Å². The molecule has 3 N–H and O–H groups in total. The second-order valence-corrected chi connectivity index (χ2v) is 7.25. The summed E-state index contributed by atoms with van der Waals surface area (Å²) >= 11 is 5.56. The number of rotatable bonds is 10. The van der Waals surface area contributed by atoms with E-state index < -0.39 is 12.2 Å². The number of hydrogen-bond acceptors (Lipinski definition) is 5. The maximum Gasteiger partial charge on any atom is 0.119 e. The average molecular weight is 395 g/mol. The van der Waals surface area contributed by atoms with Gasteiger partial charge in [-0.1, -0.05) is 38.1 Å². The lowest BCUT2D eigenvalue weighted by Crippen LogP contribution is -2.21. The van der Waals surface area contributed by atoms with Crippen molar-refractivity contribution in [2.24, 2.45) is 0 Å². The minimum Gasteiger partial charge on any atom is -0.491 e. The van der Waals surface area contributed by atoms with E-state index in [9.17, 15) is 10.2 Å². The van der Waals surface area contributed by atoms with Crippen molar-refractivity contribution >= 4 is 11.6 Å². The molecule has 0 aromatic heterocycles. The van der Waals surface area contributed by atoms with Crippen molar-refractivity contribution in [3.63, 3.8) is 0 Å². The van der Waals surface area contributed by atoms with Crippen LogP contribution in [0.5, 0.6) is 11.5 Å². The molecule has 0 saturated heterocycles. The van der Waals surface area contributed by atoms with Gasteiger partial charge in [0.15, 0.2) is 0 Å². The van der Waals surface area contributed by atoms with Crippen molar-refractivity contribution in [2.75, 3.05) is 25.7 Å². The molecule has 5 nitrogen and oxygen atoms in total. The summed E-state index contributed by atoms with van der Waals surface area (Å²) in [6.45, 7) is 4.16. The summed E-state index contributed by atoms with van der Waals surface area (Å²) < 4.78 is 11.0. The smallest absolute Gasteiger partial charge is 0.119 e. The number of benzene rings is 2. The number of halogens is 1. The van der Waals surface area contributed by atoms with E-state index in [0.717, 1.165) is 11.1 Å². The van der Waals surface area contributed by atoms with Crippen LogP contribution in [0.25, 0.3) is 0 Å². The highest BCUT2D eigenvalue weighted by Gasteiger charge is 2.23. The Hall–Kier alpha value is -1.79. The van der Waals surface area contributed by atoms with Crippen LogP contribution < -0.4 is 9.47 Å². The fourth-order valence-corrected chi connectivity index (χ4v) is 2.67. The third kappa shape index (κ3) is 6.11. The first-order valence-electron chi connectivity index (χ1n) is 8.86. The summed E-state index contributed by atoms with van der Waals surface area (Å²) in [5.41, 5.74) is 2.01. The van der Waals surface area contributed by atoms with E-state index in [-0.39, 0.29) is 31.1 Å². The van der Waals surface area contributed by atoms with E-state index in [2.05, 4.69) is 13.8 Å². The summed E-state index contributed by atoms with van der Waals surface area (Å²) in [5, 5.41) is 27.6. The molecule has 0 radical (unpaired) electrons. The molecule has 148 valence electrons. The lowest BCUT2D eigenvalue weighted by Gasteiger charge is -2.26. The number of hydrogen-bond donors (Lipinski definition) is 3. The van der Waals surface area contributed by atoms with E-state index >= 15 is 0 Å². The van der Waals surface area contributed by atoms with Gasteiger partial charge in [-0.15, -0.1) is 11.6 Å². The van der Waals surface area contributed by atoms with Crippen LogP contribution in [0.1, 0.15) is 25.0 Å². The molecule has 0 unspecified atom stereocenters. The minimum atomic E-state index is -0.882. The molecule has 6 heteroatoms. The van der Waals surface area contributed by atoms with Crippen LogP contribution in [0.2, 0.25) is 0 Å². The molecule has 0 heterocycles. The first-order valence-corrected chi connectivity index (χ1v) is 9.40. The van der Waals surface area contributed by atoms with Crippen LogP contribution in [0.15, 0.2) is 48.5 Å². The second kappa shape index (κ2) is 9.95. The monoisotopic (exact) mass is 394 g/mol. The molecule has 0 aliphatic heterocycles. The number of alkyl halides is 1. The van der Waals surface area contributed by atoms with Crippen molar-refractivity contribution in [2.45, 2.75) is 31.5 Å². The van der Waals surface area contributed by atoms with Gasteiger partial charge in [0.25, 0.3) is 0 Å². The summed E-state index contributed by atoms with van der Waals surface area (Å²) in [5.74, 6) is 1.47. The van der Waals surface area contributed by atoms with E-state index in [1.807, 2.05) is 48.5 Å². The molecule has 0 fully saturated rings. The molecule has 27 heavy (non-hydrogen) atoms. The summed E-state index contributed by atoms with van der Waals surface area (Å²) in [7, 11) is 0. The Balaban J connectivity index is 2.04. The van der Waals surface area contributed by atoms with Gasteiger partial charge < -0.3 is 24.8 Å². The quantitative estimate of drug-likeness (QED) is 0.540. The van der Waals surface area contributed by atoms with E-state index in [1.165, 1.54) is 0 Å². The first-order chi connectivity index (χ1) is 12.9. The lowest BCUT2D eigenvalue weighted by molar-refractivity contribution is 0.0536. The molecule has 2 aromatic carbocycles. The van der Waals surface area contributed by atoms with Gasteiger partial charge in [0.2, 0.25) is 0 Å². The van der Waals surface area contributed by atoms with Gasteiger partial charge in [-0.05, 0) is 35.4 Å². The SMILES string of the molecule is CC(C)(c1ccc(OC[C@@H](O)CO)cc1)c1ccc(OC[C@@H](O)CCl)cc1. The van der Waals surface area contributed by atoms with Crippen LogP contribution in [0, 0.1) is 0 Å². The van der Waals surface area contributed by atoms with Gasteiger partial charge in [0, 0.05) is 5.41 Å². The zero-order valence-electron chi connectivity index (χ0n) is 15.6. The van der Waals surface area contributed by atoms with Gasteiger partial charge in [0.05, 0.1) is 12.5 Å². The number of aliphatic hydroxyl groups excluding tert-OH is 3. The fraction of sp³-hybridized carbons (Fsp3) is 0.429. The predicted molar refractivity (Wildman–Crippen MR) is 106 cm³/mol. The standard InChI is InChI=1S/C21H27ClO5/c1-21(2,15-3-7-19(8-4-15)26-13-17(24)11-22)16-5-9-20(10-6-16)27-14-18(25)12-23/h3-10,17-18,23-25H,11-14H2,1-2H3/t17-,18-/m0/s1. The lowest BCUT2D eigenvalue weighted by atomic mass is 9.78. The van der Waals surface area contributed by atoms with Gasteiger partial charge in [0.1, 0.15) is 36.9 Å². The average Bonchev–Trinajstić information content (AvgIpc) is 2.70. The Bertz CT molecular complexity index is 625. The number of ether oxygens (including phenoxy) is 2. The van der Waals surface area contributed by atoms with Crippen molar-refractivity contribution in [3.05, 3.63) is 59.7 Å². The molecule has 2 aromatic rings. The Morgan fingerprint density at radius 3 is 1.59 bits per heavy atom. The van der Waals surface area contributed by atoms with E-state index in [0.29, 0.717) is 11.5 Å². The summed E-state index contributed by atoms with van der Waals surface area (Å²) in [4.78, 5) is 0.